The molecule has 1 aliphatic heterocycles. The van der Waals surface area contributed by atoms with Crippen molar-refractivity contribution in [3.05, 3.63) is 16.1 Å². The third-order valence-electron chi connectivity index (χ3n) is 3.48. The van der Waals surface area contributed by atoms with E-state index in [1.165, 1.54) is 5.01 Å². The minimum absolute atomic E-state index is 0.193. The number of carbonyl (C=O) groups excluding carboxylic acids is 1. The van der Waals surface area contributed by atoms with E-state index in [-0.39, 0.29) is 6.09 Å². The summed E-state index contributed by atoms with van der Waals surface area (Å²) in [5.74, 6) is 0.485. The molecule has 5 nitrogen and oxygen atoms in total. The fourth-order valence-corrected chi connectivity index (χ4v) is 3.45. The van der Waals surface area contributed by atoms with E-state index in [0.717, 1.165) is 38.2 Å². The molecule has 118 valence electrons. The molecule has 0 unspecified atom stereocenters. The summed E-state index contributed by atoms with van der Waals surface area (Å²) in [5, 5.41) is 5.50. The first-order chi connectivity index (χ1) is 9.89. The Hall–Kier alpha value is -1.14. The van der Waals surface area contributed by atoms with Crippen molar-refractivity contribution in [2.24, 2.45) is 0 Å². The van der Waals surface area contributed by atoms with Crippen molar-refractivity contribution in [1.82, 2.24) is 9.88 Å². The molecule has 0 radical (unpaired) electrons. The number of rotatable bonds is 3. The van der Waals surface area contributed by atoms with E-state index in [1.54, 1.807) is 11.3 Å². The number of piperidine rings is 1. The highest BCUT2D eigenvalue weighted by molar-refractivity contribution is 7.09. The molecule has 2 rings (SSSR count). The van der Waals surface area contributed by atoms with Crippen LogP contribution in [0.5, 0.6) is 0 Å². The molecular formula is C15H26N3O2S+. The van der Waals surface area contributed by atoms with Gasteiger partial charge in [-0.05, 0) is 33.6 Å². The Labute approximate surface area is 130 Å². The fraction of sp³-hybridized carbons (Fsp3) is 0.733. The van der Waals surface area contributed by atoms with Gasteiger partial charge in [0.1, 0.15) is 17.8 Å². The van der Waals surface area contributed by atoms with Crippen molar-refractivity contribution in [2.75, 3.05) is 20.1 Å². The van der Waals surface area contributed by atoms with E-state index >= 15 is 0 Å². The first-order valence-corrected chi connectivity index (χ1v) is 8.47. The largest absolute Gasteiger partial charge is 0.444 e. The molecule has 1 aliphatic rings. The van der Waals surface area contributed by atoms with Crippen molar-refractivity contribution < 1.29 is 14.8 Å². The maximum atomic E-state index is 12.0. The van der Waals surface area contributed by atoms with Gasteiger partial charge in [0, 0.05) is 24.4 Å². The molecule has 0 atom stereocenters. The van der Waals surface area contributed by atoms with Crippen LogP contribution in [0.1, 0.15) is 50.2 Å². The van der Waals surface area contributed by atoms with Crippen LogP contribution in [-0.4, -0.2) is 41.7 Å². The molecular weight excluding hydrogens is 286 g/mol. The molecule has 0 aliphatic carbocycles. The summed E-state index contributed by atoms with van der Waals surface area (Å²) >= 11 is 1.75. The van der Waals surface area contributed by atoms with Gasteiger partial charge in [-0.25, -0.2) is 9.78 Å². The summed E-state index contributed by atoms with van der Waals surface area (Å²) in [4.78, 5) is 18.6. The van der Waals surface area contributed by atoms with Gasteiger partial charge in [-0.2, -0.15) is 0 Å². The highest BCUT2D eigenvalue weighted by atomic mass is 32.1. The SMILES string of the molecule is C[NH2+]Cc1csc(C2CCN(C(=O)OC(C)(C)C)CC2)n1. The van der Waals surface area contributed by atoms with Crippen LogP contribution in [0.15, 0.2) is 5.38 Å². The predicted molar refractivity (Wildman–Crippen MR) is 83.4 cm³/mol. The second-order valence-corrected chi connectivity index (χ2v) is 7.42. The minimum Gasteiger partial charge on any atom is -0.444 e. The van der Waals surface area contributed by atoms with Crippen LogP contribution in [0.3, 0.4) is 0 Å². The smallest absolute Gasteiger partial charge is 0.410 e. The summed E-state index contributed by atoms with van der Waals surface area (Å²) in [6.07, 6.45) is 1.76. The standard InChI is InChI=1S/C15H25N3O2S/c1-15(2,3)20-14(19)18-7-5-11(6-8-18)13-17-12(9-16-4)10-21-13/h10-11,16H,5-9H2,1-4H3/p+1. The second kappa shape index (κ2) is 6.75. The van der Waals surface area contributed by atoms with E-state index in [2.05, 4.69) is 17.7 Å². The Kier molecular flexibility index (Phi) is 5.22. The van der Waals surface area contributed by atoms with E-state index in [4.69, 9.17) is 9.72 Å². The van der Waals surface area contributed by atoms with Gasteiger partial charge in [0.05, 0.1) is 12.1 Å². The third kappa shape index (κ3) is 4.68. The minimum atomic E-state index is -0.422. The predicted octanol–water partition coefficient (Wildman–Crippen LogP) is 1.95. The molecule has 2 heterocycles. The van der Waals surface area contributed by atoms with Crippen LogP contribution in [0, 0.1) is 0 Å². The summed E-state index contributed by atoms with van der Waals surface area (Å²) in [5.41, 5.74) is 0.737. The van der Waals surface area contributed by atoms with Crippen LogP contribution in [-0.2, 0) is 11.3 Å². The first kappa shape index (κ1) is 16.2. The average Bonchev–Trinajstić information content (AvgIpc) is 2.86. The molecule has 1 amide bonds. The highest BCUT2D eigenvalue weighted by Gasteiger charge is 2.28. The van der Waals surface area contributed by atoms with Crippen LogP contribution in [0.4, 0.5) is 4.79 Å². The van der Waals surface area contributed by atoms with Crippen molar-refractivity contribution in [2.45, 2.75) is 51.7 Å². The Bertz CT molecular complexity index is 474. The van der Waals surface area contributed by atoms with E-state index in [0.29, 0.717) is 5.92 Å². The maximum absolute atomic E-state index is 12.0. The number of ether oxygens (including phenoxy) is 1. The first-order valence-electron chi connectivity index (χ1n) is 7.59. The summed E-state index contributed by atoms with van der Waals surface area (Å²) in [6.45, 7) is 8.16. The number of amides is 1. The molecule has 1 saturated heterocycles. The van der Waals surface area contributed by atoms with Crippen LogP contribution in [0.25, 0.3) is 0 Å². The van der Waals surface area contributed by atoms with Crippen LogP contribution < -0.4 is 5.32 Å². The topological polar surface area (TPSA) is 59.0 Å². The zero-order chi connectivity index (χ0) is 15.5. The molecule has 0 bridgehead atoms. The van der Waals surface area contributed by atoms with Gasteiger partial charge >= 0.3 is 6.09 Å². The van der Waals surface area contributed by atoms with Gasteiger partial charge in [-0.3, -0.25) is 0 Å². The number of hydrogen-bond acceptors (Lipinski definition) is 4. The number of thiazole rings is 1. The lowest BCUT2D eigenvalue weighted by Crippen LogP contribution is -2.77. The Morgan fingerprint density at radius 2 is 2.14 bits per heavy atom. The van der Waals surface area contributed by atoms with Crippen LogP contribution in [0.2, 0.25) is 0 Å². The van der Waals surface area contributed by atoms with E-state index in [9.17, 15) is 4.79 Å². The van der Waals surface area contributed by atoms with E-state index in [1.807, 2.05) is 25.7 Å². The van der Waals surface area contributed by atoms with Gasteiger partial charge in [-0.15, -0.1) is 11.3 Å². The normalized spacial score (nSPS) is 17.0. The van der Waals surface area contributed by atoms with Crippen LogP contribution >= 0.6 is 11.3 Å². The zero-order valence-electron chi connectivity index (χ0n) is 13.4. The Morgan fingerprint density at radius 1 is 1.48 bits per heavy atom. The highest BCUT2D eigenvalue weighted by Crippen LogP contribution is 2.30. The molecule has 21 heavy (non-hydrogen) atoms. The van der Waals surface area contributed by atoms with Crippen molar-refractivity contribution >= 4 is 17.4 Å². The van der Waals surface area contributed by atoms with Crippen molar-refractivity contribution in [1.29, 1.82) is 0 Å². The molecule has 0 saturated carbocycles. The monoisotopic (exact) mass is 312 g/mol. The summed E-state index contributed by atoms with van der Waals surface area (Å²) < 4.78 is 5.42. The number of likely N-dealkylation sites (tertiary alicyclic amines) is 1. The Morgan fingerprint density at radius 3 is 2.71 bits per heavy atom. The zero-order valence-corrected chi connectivity index (χ0v) is 14.2. The number of quaternary nitrogens is 1. The summed E-state index contributed by atoms with van der Waals surface area (Å²) in [6, 6.07) is 0. The third-order valence-corrected chi connectivity index (χ3v) is 4.53. The summed E-state index contributed by atoms with van der Waals surface area (Å²) in [7, 11) is 2.05. The lowest BCUT2D eigenvalue weighted by Gasteiger charge is -2.32. The number of nitrogens with zero attached hydrogens (tertiary/aromatic N) is 2. The molecule has 1 aromatic heterocycles. The van der Waals surface area contributed by atoms with Gasteiger partial charge < -0.3 is 15.0 Å². The number of carbonyl (C=O) groups is 1. The molecule has 2 N–H and O–H groups in total. The maximum Gasteiger partial charge on any atom is 0.410 e. The molecule has 1 fully saturated rings. The molecule has 6 heteroatoms. The van der Waals surface area contributed by atoms with Gasteiger partial charge in [0.15, 0.2) is 0 Å². The Balaban J connectivity index is 1.86. The average molecular weight is 312 g/mol. The van der Waals surface area contributed by atoms with Gasteiger partial charge in [0.25, 0.3) is 0 Å². The van der Waals surface area contributed by atoms with Gasteiger partial charge in [0.2, 0.25) is 0 Å². The quantitative estimate of drug-likeness (QED) is 0.928. The number of aromatic nitrogens is 1. The number of hydrogen-bond donors (Lipinski definition) is 1. The lowest BCUT2D eigenvalue weighted by atomic mass is 9.98. The molecule has 1 aromatic rings. The van der Waals surface area contributed by atoms with E-state index < -0.39 is 5.60 Å². The van der Waals surface area contributed by atoms with Crippen molar-refractivity contribution in [3.63, 3.8) is 0 Å². The van der Waals surface area contributed by atoms with Gasteiger partial charge in [-0.1, -0.05) is 0 Å². The molecule has 0 aromatic carbocycles. The lowest BCUT2D eigenvalue weighted by molar-refractivity contribution is -0.643. The van der Waals surface area contributed by atoms with Crippen molar-refractivity contribution in [3.8, 4) is 0 Å². The molecule has 0 spiro atoms. The number of nitrogens with two attached hydrogens (primary N) is 1. The second-order valence-electron chi connectivity index (χ2n) is 6.53. The fourth-order valence-electron chi connectivity index (χ4n) is 2.45.